The Hall–Kier alpha value is -1.44. The third-order valence-electron chi connectivity index (χ3n) is 3.86. The van der Waals surface area contributed by atoms with Crippen LogP contribution in [0.2, 0.25) is 0 Å². The molecule has 2 aliphatic rings. The Kier molecular flexibility index (Phi) is 20.0. The van der Waals surface area contributed by atoms with Crippen LogP contribution in [0.25, 0.3) is 0 Å². The van der Waals surface area contributed by atoms with Gasteiger partial charge in [-0.1, -0.05) is 27.7 Å². The SMILES string of the molecule is CC.CC1=CC=[C-]C1.CC1=CC=[C-]C1.[Cl-].[Cl-].[Ti+2]=[C](c1ccccc1)c1ccccc1. The standard InChI is InChI=1S/C13H10.2C6H7.C2H6.2ClH.Ti/c1-3-7-12(8-4-1)11-13-9-5-2-6-10-13;2*1-6-4-2-3-5-6;1-2;;;/h1-10H;2*2,4H,5H2,1H3;1-2H3;2*1H;/q;2*-1;;;;+2/p-2. The maximum absolute atomic E-state index is 3.05. The van der Waals surface area contributed by atoms with Crippen molar-refractivity contribution >= 4 is 3.81 Å². The number of allylic oxidation sites excluding steroid dienone is 8. The molecule has 0 spiro atoms. The fraction of sp³-hybridized carbons (Fsp3) is 0.222. The van der Waals surface area contributed by atoms with E-state index >= 15 is 0 Å². The Balaban J connectivity index is 0. The summed E-state index contributed by atoms with van der Waals surface area (Å²) in [4.78, 5) is 0. The first-order valence-electron chi connectivity index (χ1n) is 9.81. The molecule has 30 heavy (non-hydrogen) atoms. The van der Waals surface area contributed by atoms with Gasteiger partial charge in [-0.05, 0) is 0 Å². The molecule has 0 saturated carbocycles. The third-order valence-corrected chi connectivity index (χ3v) is 4.76. The van der Waals surface area contributed by atoms with Crippen LogP contribution in [0.1, 0.15) is 51.7 Å². The molecule has 0 nitrogen and oxygen atoms in total. The zero-order valence-electron chi connectivity index (χ0n) is 18.3. The topological polar surface area (TPSA) is 0 Å². The van der Waals surface area contributed by atoms with Crippen LogP contribution in [-0.4, -0.2) is 3.81 Å². The minimum absolute atomic E-state index is 0. The Morgan fingerprint density at radius 3 is 1.20 bits per heavy atom. The van der Waals surface area contributed by atoms with Gasteiger partial charge in [0.15, 0.2) is 0 Å². The second-order valence-corrected chi connectivity index (χ2v) is 7.01. The second-order valence-electron chi connectivity index (χ2n) is 6.23. The van der Waals surface area contributed by atoms with Crippen LogP contribution in [-0.2, 0) is 20.0 Å². The molecule has 3 heteroatoms. The van der Waals surface area contributed by atoms with E-state index in [0.29, 0.717) is 0 Å². The van der Waals surface area contributed by atoms with E-state index in [0.717, 1.165) is 12.8 Å². The molecule has 158 valence electrons. The van der Waals surface area contributed by atoms with Crippen molar-refractivity contribution in [1.82, 2.24) is 0 Å². The maximum atomic E-state index is 3.05. The van der Waals surface area contributed by atoms with E-state index in [-0.39, 0.29) is 24.8 Å². The van der Waals surface area contributed by atoms with Gasteiger partial charge in [0, 0.05) is 0 Å². The summed E-state index contributed by atoms with van der Waals surface area (Å²) in [5.41, 5.74) is 5.41. The molecule has 0 aliphatic heterocycles. The zero-order chi connectivity index (χ0) is 20.6. The van der Waals surface area contributed by atoms with Crippen molar-refractivity contribution < 1.29 is 44.8 Å². The van der Waals surface area contributed by atoms with Crippen molar-refractivity contribution in [1.29, 1.82) is 0 Å². The summed E-state index contributed by atoms with van der Waals surface area (Å²) in [5.74, 6) is 0. The summed E-state index contributed by atoms with van der Waals surface area (Å²) in [6.45, 7) is 8.22. The molecule has 0 atom stereocenters. The van der Waals surface area contributed by atoms with Gasteiger partial charge < -0.3 is 24.8 Å². The van der Waals surface area contributed by atoms with Gasteiger partial charge in [-0.3, -0.25) is 12.2 Å². The number of hydrogen-bond donors (Lipinski definition) is 0. The molecule has 0 heterocycles. The first-order chi connectivity index (χ1) is 13.7. The normalized spacial score (nSPS) is 12.2. The summed E-state index contributed by atoms with van der Waals surface area (Å²) < 4.78 is 1.33. The Bertz CT molecular complexity index is 747. The molecule has 0 N–H and O–H groups in total. The number of halogens is 2. The van der Waals surface area contributed by atoms with Crippen molar-refractivity contribution in [2.24, 2.45) is 0 Å². The van der Waals surface area contributed by atoms with Gasteiger partial charge >= 0.3 is 95.6 Å². The predicted octanol–water partition coefficient (Wildman–Crippen LogP) is 1.23. The van der Waals surface area contributed by atoms with E-state index in [1.807, 2.05) is 38.1 Å². The molecule has 0 unspecified atom stereocenters. The van der Waals surface area contributed by atoms with Crippen LogP contribution in [0, 0.1) is 12.2 Å². The van der Waals surface area contributed by atoms with Crippen LogP contribution >= 0.6 is 0 Å². The van der Waals surface area contributed by atoms with E-state index in [1.165, 1.54) is 26.1 Å². The van der Waals surface area contributed by atoms with Crippen molar-refractivity contribution in [3.05, 3.63) is 119 Å². The molecule has 4 rings (SSSR count). The van der Waals surface area contributed by atoms with Crippen molar-refractivity contribution in [2.45, 2.75) is 40.5 Å². The summed E-state index contributed by atoms with van der Waals surface area (Å²) in [6, 6.07) is 20.9. The fourth-order valence-electron chi connectivity index (χ4n) is 2.34. The average Bonchev–Trinajstić information content (AvgIpc) is 3.44. The van der Waals surface area contributed by atoms with Gasteiger partial charge in [-0.25, -0.2) is 24.3 Å². The summed E-state index contributed by atoms with van der Waals surface area (Å²) >= 11 is 2.16. The minimum atomic E-state index is 0. The number of rotatable bonds is 2. The van der Waals surface area contributed by atoms with E-state index in [2.05, 4.69) is 107 Å². The molecule has 0 saturated heterocycles. The van der Waals surface area contributed by atoms with Crippen LogP contribution in [0.3, 0.4) is 0 Å². The van der Waals surface area contributed by atoms with Crippen LogP contribution in [0.5, 0.6) is 0 Å². The molecule has 2 aromatic rings. The summed E-state index contributed by atoms with van der Waals surface area (Å²) in [6.07, 6.45) is 16.3. The van der Waals surface area contributed by atoms with E-state index in [4.69, 9.17) is 0 Å². The fourth-order valence-corrected chi connectivity index (χ4v) is 2.86. The van der Waals surface area contributed by atoms with Crippen LogP contribution < -0.4 is 24.8 Å². The van der Waals surface area contributed by atoms with Crippen molar-refractivity contribution in [2.75, 3.05) is 0 Å². The van der Waals surface area contributed by atoms with E-state index in [9.17, 15) is 0 Å². The second kappa shape index (κ2) is 19.5. The van der Waals surface area contributed by atoms with Gasteiger partial charge in [0.05, 0.1) is 0 Å². The van der Waals surface area contributed by atoms with Crippen molar-refractivity contribution in [3.63, 3.8) is 0 Å². The molecule has 0 radical (unpaired) electrons. The molecule has 0 aromatic heterocycles. The first kappa shape index (κ1) is 30.8. The van der Waals surface area contributed by atoms with Gasteiger partial charge in [-0.2, -0.15) is 11.1 Å². The molecule has 2 aliphatic carbocycles. The summed E-state index contributed by atoms with van der Waals surface area (Å²) in [5, 5.41) is 0. The molecular formula is C27H30Cl2Ti-2. The Morgan fingerprint density at radius 2 is 1.00 bits per heavy atom. The predicted molar refractivity (Wildman–Crippen MR) is 120 cm³/mol. The number of benzene rings is 2. The van der Waals surface area contributed by atoms with Crippen LogP contribution in [0.15, 0.2) is 96.1 Å². The van der Waals surface area contributed by atoms with E-state index < -0.39 is 0 Å². The number of hydrogen-bond acceptors (Lipinski definition) is 0. The molecule has 0 fully saturated rings. The summed E-state index contributed by atoms with van der Waals surface area (Å²) in [7, 11) is 0. The van der Waals surface area contributed by atoms with Gasteiger partial charge in [-0.15, -0.1) is 12.8 Å². The average molecular weight is 473 g/mol. The first-order valence-corrected chi connectivity index (χ1v) is 10.6. The Morgan fingerprint density at radius 1 is 0.667 bits per heavy atom. The molecule has 0 amide bonds. The monoisotopic (exact) mass is 472 g/mol. The molecular weight excluding hydrogens is 443 g/mol. The molecule has 0 bridgehead atoms. The van der Waals surface area contributed by atoms with Gasteiger partial charge in [0.2, 0.25) is 0 Å². The quantitative estimate of drug-likeness (QED) is 0.455. The zero-order valence-corrected chi connectivity index (χ0v) is 21.3. The van der Waals surface area contributed by atoms with Crippen molar-refractivity contribution in [3.8, 4) is 0 Å². The Labute approximate surface area is 207 Å². The third kappa shape index (κ3) is 13.0. The van der Waals surface area contributed by atoms with Gasteiger partial charge in [0.25, 0.3) is 0 Å². The molecule has 2 aromatic carbocycles. The van der Waals surface area contributed by atoms with Gasteiger partial charge in [0.1, 0.15) is 0 Å². The van der Waals surface area contributed by atoms with Crippen LogP contribution in [0.4, 0.5) is 0 Å². The van der Waals surface area contributed by atoms with E-state index in [1.54, 1.807) is 0 Å².